The maximum absolute atomic E-state index is 11.3. The first-order valence-electron chi connectivity index (χ1n) is 5.54. The zero-order chi connectivity index (χ0) is 11.9. The molecule has 0 aromatic carbocycles. The lowest BCUT2D eigenvalue weighted by molar-refractivity contribution is 0.264. The molecule has 0 radical (unpaired) electrons. The molecule has 0 aliphatic rings. The molecule has 0 aromatic heterocycles. The quantitative estimate of drug-likeness (QED) is 0.660. The lowest BCUT2D eigenvalue weighted by Crippen LogP contribution is -2.36. The van der Waals surface area contributed by atoms with E-state index in [0.717, 1.165) is 13.1 Å². The van der Waals surface area contributed by atoms with Crippen molar-refractivity contribution in [3.63, 3.8) is 0 Å². The van der Waals surface area contributed by atoms with Gasteiger partial charge in [-0.3, -0.25) is 0 Å². The Morgan fingerprint density at radius 1 is 1.27 bits per heavy atom. The summed E-state index contributed by atoms with van der Waals surface area (Å²) in [6, 6.07) is 0. The Morgan fingerprint density at radius 3 is 2.27 bits per heavy atom. The second kappa shape index (κ2) is 7.19. The zero-order valence-electron chi connectivity index (χ0n) is 10.1. The van der Waals surface area contributed by atoms with Crippen molar-refractivity contribution in [3.8, 4) is 0 Å². The molecule has 0 aromatic rings. The van der Waals surface area contributed by atoms with Gasteiger partial charge in [-0.05, 0) is 5.92 Å². The highest BCUT2D eigenvalue weighted by Crippen LogP contribution is 1.99. The Morgan fingerprint density at radius 2 is 1.87 bits per heavy atom. The molecule has 0 rings (SSSR count). The first kappa shape index (κ1) is 14.9. The molecule has 0 amide bonds. The van der Waals surface area contributed by atoms with Crippen LogP contribution in [0.25, 0.3) is 0 Å². The molecule has 0 fully saturated rings. The summed E-state index contributed by atoms with van der Waals surface area (Å²) in [6.07, 6.45) is 0. The highest BCUT2D eigenvalue weighted by Gasteiger charge is 2.12. The summed E-state index contributed by atoms with van der Waals surface area (Å²) in [5.41, 5.74) is 5.49. The second-order valence-corrected chi connectivity index (χ2v) is 6.69. The number of nitrogens with two attached hydrogens (primary N) is 1. The van der Waals surface area contributed by atoms with E-state index in [9.17, 15) is 8.42 Å². The third kappa shape index (κ3) is 7.76. The monoisotopic (exact) mass is 236 g/mol. The molecule has 5 heteroatoms. The van der Waals surface area contributed by atoms with E-state index in [4.69, 9.17) is 5.73 Å². The van der Waals surface area contributed by atoms with E-state index >= 15 is 0 Å². The lowest BCUT2D eigenvalue weighted by Gasteiger charge is -2.23. The molecular formula is C10H24N2O2S. The molecule has 15 heavy (non-hydrogen) atoms. The first-order chi connectivity index (χ1) is 6.91. The van der Waals surface area contributed by atoms with Crippen molar-refractivity contribution >= 4 is 9.84 Å². The predicted molar refractivity (Wildman–Crippen MR) is 64.7 cm³/mol. The molecule has 0 unspecified atom stereocenters. The smallest absolute Gasteiger partial charge is 0.151 e. The van der Waals surface area contributed by atoms with Crippen LogP contribution < -0.4 is 5.73 Å². The number of nitrogens with zero attached hydrogens (tertiary/aromatic N) is 1. The van der Waals surface area contributed by atoms with Gasteiger partial charge in [0.15, 0.2) is 9.84 Å². The lowest BCUT2D eigenvalue weighted by atomic mass is 10.2. The molecule has 0 aliphatic carbocycles. The standard InChI is InChI=1S/C10H24N2O2S/c1-4-15(13,14)8-7-12(6-5-11)9-10(2)3/h10H,4-9,11H2,1-3H3. The van der Waals surface area contributed by atoms with E-state index in [1.807, 2.05) is 0 Å². The van der Waals surface area contributed by atoms with E-state index in [-0.39, 0.29) is 11.5 Å². The van der Waals surface area contributed by atoms with E-state index in [0.29, 0.717) is 19.0 Å². The van der Waals surface area contributed by atoms with Gasteiger partial charge in [-0.15, -0.1) is 0 Å². The summed E-state index contributed by atoms with van der Waals surface area (Å²) < 4.78 is 22.7. The average Bonchev–Trinajstić information content (AvgIpc) is 2.14. The Balaban J connectivity index is 4.06. The van der Waals surface area contributed by atoms with Gasteiger partial charge in [-0.2, -0.15) is 0 Å². The van der Waals surface area contributed by atoms with Gasteiger partial charge in [-0.25, -0.2) is 8.42 Å². The number of hydrogen-bond acceptors (Lipinski definition) is 4. The minimum atomic E-state index is -2.85. The van der Waals surface area contributed by atoms with Gasteiger partial charge in [0.25, 0.3) is 0 Å². The summed E-state index contributed by atoms with van der Waals surface area (Å²) in [6.45, 7) is 8.80. The molecule has 0 saturated heterocycles. The van der Waals surface area contributed by atoms with Crippen molar-refractivity contribution in [2.24, 2.45) is 11.7 Å². The zero-order valence-corrected chi connectivity index (χ0v) is 10.9. The van der Waals surface area contributed by atoms with Gasteiger partial charge >= 0.3 is 0 Å². The molecule has 4 nitrogen and oxygen atoms in total. The molecule has 0 spiro atoms. The minimum absolute atomic E-state index is 0.227. The average molecular weight is 236 g/mol. The van der Waals surface area contributed by atoms with Crippen molar-refractivity contribution in [3.05, 3.63) is 0 Å². The highest BCUT2D eigenvalue weighted by molar-refractivity contribution is 7.91. The van der Waals surface area contributed by atoms with Crippen LogP contribution in [0, 0.1) is 5.92 Å². The van der Waals surface area contributed by atoms with Gasteiger partial charge < -0.3 is 10.6 Å². The van der Waals surface area contributed by atoms with Crippen molar-refractivity contribution in [1.29, 1.82) is 0 Å². The summed E-state index contributed by atoms with van der Waals surface area (Å²) in [4.78, 5) is 2.12. The minimum Gasteiger partial charge on any atom is -0.329 e. The van der Waals surface area contributed by atoms with E-state index in [1.165, 1.54) is 0 Å². The normalized spacial score (nSPS) is 12.7. The number of sulfone groups is 1. The van der Waals surface area contributed by atoms with Gasteiger partial charge in [-0.1, -0.05) is 20.8 Å². The van der Waals surface area contributed by atoms with E-state index < -0.39 is 9.84 Å². The van der Waals surface area contributed by atoms with E-state index in [2.05, 4.69) is 18.7 Å². The fourth-order valence-electron chi connectivity index (χ4n) is 1.41. The topological polar surface area (TPSA) is 63.4 Å². The Labute approximate surface area is 93.7 Å². The molecule has 2 N–H and O–H groups in total. The van der Waals surface area contributed by atoms with Crippen LogP contribution in [-0.2, 0) is 9.84 Å². The molecule has 0 atom stereocenters. The Bertz CT molecular complexity index is 250. The van der Waals surface area contributed by atoms with Crippen molar-refractivity contribution in [2.45, 2.75) is 20.8 Å². The fourth-order valence-corrected chi connectivity index (χ4v) is 2.23. The van der Waals surface area contributed by atoms with Crippen LogP contribution in [0.2, 0.25) is 0 Å². The molecule has 0 heterocycles. The third-order valence-corrected chi connectivity index (χ3v) is 3.91. The molecular weight excluding hydrogens is 212 g/mol. The van der Waals surface area contributed by atoms with Crippen LogP contribution in [0.1, 0.15) is 20.8 Å². The maximum Gasteiger partial charge on any atom is 0.151 e. The predicted octanol–water partition coefficient (Wildman–Crippen LogP) is 0.338. The van der Waals surface area contributed by atoms with Gasteiger partial charge in [0.05, 0.1) is 5.75 Å². The van der Waals surface area contributed by atoms with Gasteiger partial charge in [0.2, 0.25) is 0 Å². The SMILES string of the molecule is CCS(=O)(=O)CCN(CCN)CC(C)C. The number of rotatable bonds is 8. The molecule has 92 valence electrons. The molecule has 0 bridgehead atoms. The van der Waals surface area contributed by atoms with Crippen LogP contribution in [0.3, 0.4) is 0 Å². The third-order valence-electron chi connectivity index (χ3n) is 2.23. The summed E-state index contributed by atoms with van der Waals surface area (Å²) >= 11 is 0. The van der Waals surface area contributed by atoms with Gasteiger partial charge in [0.1, 0.15) is 0 Å². The maximum atomic E-state index is 11.3. The second-order valence-electron chi connectivity index (χ2n) is 4.22. The highest BCUT2D eigenvalue weighted by atomic mass is 32.2. The van der Waals surface area contributed by atoms with Crippen molar-refractivity contribution in [1.82, 2.24) is 4.90 Å². The van der Waals surface area contributed by atoms with Crippen LogP contribution in [0.15, 0.2) is 0 Å². The van der Waals surface area contributed by atoms with Crippen molar-refractivity contribution < 1.29 is 8.42 Å². The summed E-state index contributed by atoms with van der Waals surface area (Å²) in [5, 5.41) is 0. The first-order valence-corrected chi connectivity index (χ1v) is 7.36. The molecule has 0 aliphatic heterocycles. The van der Waals surface area contributed by atoms with Crippen LogP contribution >= 0.6 is 0 Å². The van der Waals surface area contributed by atoms with Crippen LogP contribution in [-0.4, -0.2) is 51.0 Å². The van der Waals surface area contributed by atoms with E-state index in [1.54, 1.807) is 6.92 Å². The van der Waals surface area contributed by atoms with Gasteiger partial charge in [0, 0.05) is 31.9 Å². The largest absolute Gasteiger partial charge is 0.329 e. The Hall–Kier alpha value is -0.130. The number of hydrogen-bond donors (Lipinski definition) is 1. The molecule has 0 saturated carbocycles. The summed E-state index contributed by atoms with van der Waals surface area (Å²) in [7, 11) is -2.85. The summed E-state index contributed by atoms with van der Waals surface area (Å²) in [5.74, 6) is 1.02. The van der Waals surface area contributed by atoms with Crippen LogP contribution in [0.4, 0.5) is 0 Å². The Kier molecular flexibility index (Phi) is 7.13. The van der Waals surface area contributed by atoms with Crippen LogP contribution in [0.5, 0.6) is 0 Å². The van der Waals surface area contributed by atoms with Crippen molar-refractivity contribution in [2.75, 3.05) is 37.7 Å². The fraction of sp³-hybridized carbons (Fsp3) is 1.00.